The van der Waals surface area contributed by atoms with Crippen molar-refractivity contribution in [2.24, 2.45) is 11.8 Å². The molecule has 1 aliphatic heterocycles. The predicted molar refractivity (Wildman–Crippen MR) is 123 cm³/mol. The monoisotopic (exact) mass is 427 g/mol. The van der Waals surface area contributed by atoms with Crippen molar-refractivity contribution in [2.45, 2.75) is 62.7 Å². The minimum atomic E-state index is -3.46. The molecule has 0 spiro atoms. The van der Waals surface area contributed by atoms with Gasteiger partial charge in [0.2, 0.25) is 10.0 Å². The van der Waals surface area contributed by atoms with Crippen LogP contribution < -0.4 is 5.19 Å². The molecule has 1 aliphatic carbocycles. The van der Waals surface area contributed by atoms with Crippen molar-refractivity contribution in [2.75, 3.05) is 6.54 Å². The lowest BCUT2D eigenvalue weighted by Gasteiger charge is -2.35. The Kier molecular flexibility index (Phi) is 5.75. The summed E-state index contributed by atoms with van der Waals surface area (Å²) >= 11 is 0. The van der Waals surface area contributed by atoms with Crippen LogP contribution in [0.1, 0.15) is 31.2 Å². The molecule has 0 N–H and O–H groups in total. The smallest absolute Gasteiger partial charge is 0.207 e. The lowest BCUT2D eigenvalue weighted by molar-refractivity contribution is 0.264. The van der Waals surface area contributed by atoms with Crippen molar-refractivity contribution in [3.63, 3.8) is 0 Å². The largest absolute Gasteiger partial charge is 0.243 e. The van der Waals surface area contributed by atoms with Gasteiger partial charge in [-0.25, -0.2) is 8.42 Å². The number of benzene rings is 2. The van der Waals surface area contributed by atoms with E-state index in [0.29, 0.717) is 23.3 Å². The van der Waals surface area contributed by atoms with Crippen LogP contribution in [0.25, 0.3) is 0 Å². The van der Waals surface area contributed by atoms with Gasteiger partial charge in [-0.1, -0.05) is 79.2 Å². The molecule has 2 aliphatic rings. The molecule has 0 amide bonds. The molecule has 4 rings (SSSR count). The number of nitrogens with zero attached hydrogens (tertiary/aromatic N) is 1. The van der Waals surface area contributed by atoms with E-state index < -0.39 is 18.1 Å². The van der Waals surface area contributed by atoms with Gasteiger partial charge in [-0.15, -0.1) is 0 Å². The highest BCUT2D eigenvalue weighted by molar-refractivity contribution is 7.89. The Balaban J connectivity index is 1.69. The van der Waals surface area contributed by atoms with E-state index in [0.717, 1.165) is 11.6 Å². The Morgan fingerprint density at radius 2 is 1.62 bits per heavy atom. The fourth-order valence-electron chi connectivity index (χ4n) is 5.45. The molecule has 1 heterocycles. The van der Waals surface area contributed by atoms with Crippen molar-refractivity contribution in [1.82, 2.24) is 4.31 Å². The quantitative estimate of drug-likeness (QED) is 0.643. The van der Waals surface area contributed by atoms with Crippen molar-refractivity contribution in [3.8, 4) is 0 Å². The minimum absolute atomic E-state index is 0.133. The second-order valence-electron chi connectivity index (χ2n) is 9.62. The third kappa shape index (κ3) is 4.10. The molecule has 0 aromatic heterocycles. The van der Waals surface area contributed by atoms with Crippen molar-refractivity contribution in [3.05, 3.63) is 60.2 Å². The van der Waals surface area contributed by atoms with Crippen LogP contribution in [0.15, 0.2) is 59.5 Å². The summed E-state index contributed by atoms with van der Waals surface area (Å²) in [6, 6.07) is 19.3. The molecule has 0 unspecified atom stereocenters. The van der Waals surface area contributed by atoms with E-state index in [-0.39, 0.29) is 6.04 Å². The van der Waals surface area contributed by atoms with Gasteiger partial charge in [-0.3, -0.25) is 0 Å². The van der Waals surface area contributed by atoms with E-state index in [2.05, 4.69) is 43.4 Å². The van der Waals surface area contributed by atoms with Crippen LogP contribution in [0.3, 0.4) is 0 Å². The van der Waals surface area contributed by atoms with E-state index in [1.807, 2.05) is 23.4 Å². The highest BCUT2D eigenvalue weighted by Gasteiger charge is 2.49. The van der Waals surface area contributed by atoms with Crippen molar-refractivity contribution >= 4 is 23.3 Å². The van der Waals surface area contributed by atoms with Gasteiger partial charge in [0.05, 0.1) is 13.0 Å². The van der Waals surface area contributed by atoms with E-state index >= 15 is 0 Å². The van der Waals surface area contributed by atoms with Crippen LogP contribution in [0.4, 0.5) is 0 Å². The summed E-state index contributed by atoms with van der Waals surface area (Å²) in [5.74, 6) is 1.04. The molecule has 0 bridgehead atoms. The second-order valence-corrected chi connectivity index (χ2v) is 16.3. The maximum atomic E-state index is 13.7. The van der Waals surface area contributed by atoms with E-state index in [1.54, 1.807) is 12.1 Å². The predicted octanol–water partition coefficient (Wildman–Crippen LogP) is 4.79. The highest BCUT2D eigenvalue weighted by Crippen LogP contribution is 2.45. The molecule has 3 nitrogen and oxygen atoms in total. The molecular formula is C24H33NO2SSi. The zero-order valence-corrected chi connectivity index (χ0v) is 19.7. The Labute approximate surface area is 177 Å². The number of hydrogen-bond donors (Lipinski definition) is 0. The molecule has 1 saturated heterocycles. The lowest BCUT2D eigenvalue weighted by atomic mass is 9.79. The molecule has 2 aromatic rings. The normalized spacial score (nSPS) is 25.7. The van der Waals surface area contributed by atoms with Crippen LogP contribution in [-0.4, -0.2) is 33.4 Å². The number of fused-ring (bicyclic) bond motifs is 1. The first-order chi connectivity index (χ1) is 13.8. The highest BCUT2D eigenvalue weighted by atomic mass is 32.2. The number of aryl methyl sites for hydroxylation is 1. The molecule has 3 atom stereocenters. The Morgan fingerprint density at radius 3 is 2.31 bits per heavy atom. The number of rotatable bonds is 5. The maximum Gasteiger partial charge on any atom is 0.243 e. The van der Waals surface area contributed by atoms with Crippen LogP contribution >= 0.6 is 0 Å². The summed E-state index contributed by atoms with van der Waals surface area (Å²) in [4.78, 5) is 0.450. The van der Waals surface area contributed by atoms with E-state index in [4.69, 9.17) is 0 Å². The zero-order chi connectivity index (χ0) is 20.6. The Morgan fingerprint density at radius 1 is 0.966 bits per heavy atom. The fourth-order valence-corrected chi connectivity index (χ4v) is 10.2. The SMILES string of the molecule is Cc1ccc(S(=O)(=O)N2C[C@@H]3CCCC[C@@H]3[C@@H]2C[Si](C)(C)c2ccccc2)cc1. The average Bonchev–Trinajstić information content (AvgIpc) is 3.08. The Hall–Kier alpha value is -1.43. The molecule has 156 valence electrons. The third-order valence-electron chi connectivity index (χ3n) is 7.15. The van der Waals surface area contributed by atoms with Crippen LogP contribution in [0.5, 0.6) is 0 Å². The van der Waals surface area contributed by atoms with E-state index in [9.17, 15) is 8.42 Å². The van der Waals surface area contributed by atoms with Gasteiger partial charge in [0.1, 0.15) is 0 Å². The maximum absolute atomic E-state index is 13.7. The topological polar surface area (TPSA) is 37.4 Å². The summed E-state index contributed by atoms with van der Waals surface area (Å²) in [7, 11) is -5.22. The van der Waals surface area contributed by atoms with Gasteiger partial charge in [0.25, 0.3) is 0 Å². The first-order valence-electron chi connectivity index (χ1n) is 10.9. The molecule has 0 radical (unpaired) electrons. The van der Waals surface area contributed by atoms with E-state index in [1.165, 1.54) is 30.9 Å². The van der Waals surface area contributed by atoms with Gasteiger partial charge >= 0.3 is 0 Å². The molecule has 5 heteroatoms. The first-order valence-corrected chi connectivity index (χ1v) is 15.6. The van der Waals surface area contributed by atoms with Gasteiger partial charge in [-0.05, 0) is 49.8 Å². The van der Waals surface area contributed by atoms with Gasteiger partial charge < -0.3 is 0 Å². The summed E-state index contributed by atoms with van der Waals surface area (Å²) in [6.07, 6.45) is 4.83. The summed E-state index contributed by atoms with van der Waals surface area (Å²) in [5, 5.41) is 1.42. The van der Waals surface area contributed by atoms with Crippen molar-refractivity contribution < 1.29 is 8.42 Å². The standard InChI is InChI=1S/C24H33NO2SSi/c1-19-13-15-21(16-14-19)28(26,27)25-17-20-9-7-8-12-23(20)24(25)18-29(2,3)22-10-5-4-6-11-22/h4-6,10-11,13-16,20,23-24H,7-9,12,17-18H2,1-3H3/t20-,23-,24-/m0/s1. The van der Waals surface area contributed by atoms with Crippen molar-refractivity contribution in [1.29, 1.82) is 0 Å². The fraction of sp³-hybridized carbons (Fsp3) is 0.500. The molecule has 1 saturated carbocycles. The zero-order valence-electron chi connectivity index (χ0n) is 17.8. The minimum Gasteiger partial charge on any atom is -0.207 e. The number of hydrogen-bond acceptors (Lipinski definition) is 2. The second kappa shape index (κ2) is 8.01. The van der Waals surface area contributed by atoms with Gasteiger partial charge in [-0.2, -0.15) is 4.31 Å². The van der Waals surface area contributed by atoms with Gasteiger partial charge in [0.15, 0.2) is 0 Å². The Bertz CT molecular complexity index is 941. The van der Waals surface area contributed by atoms with Crippen LogP contribution in [0.2, 0.25) is 19.1 Å². The third-order valence-corrected chi connectivity index (χ3v) is 12.4. The number of sulfonamides is 1. The molecular weight excluding hydrogens is 394 g/mol. The van der Waals surface area contributed by atoms with Crippen LogP contribution in [0, 0.1) is 18.8 Å². The average molecular weight is 428 g/mol. The summed E-state index contributed by atoms with van der Waals surface area (Å²) in [5.41, 5.74) is 1.09. The lowest BCUT2D eigenvalue weighted by Crippen LogP contribution is -2.49. The van der Waals surface area contributed by atoms with Gasteiger partial charge in [0, 0.05) is 12.6 Å². The van der Waals surface area contributed by atoms with Crippen LogP contribution in [-0.2, 0) is 10.0 Å². The first kappa shape index (κ1) is 20.8. The summed E-state index contributed by atoms with van der Waals surface area (Å²) < 4.78 is 29.2. The summed E-state index contributed by atoms with van der Waals surface area (Å²) in [6.45, 7) is 7.49. The molecule has 29 heavy (non-hydrogen) atoms. The molecule has 2 fully saturated rings. The molecule has 2 aromatic carbocycles.